The molecule has 0 heterocycles. The van der Waals surface area contributed by atoms with Crippen LogP contribution in [-0.4, -0.2) is 31.8 Å². The van der Waals surface area contributed by atoms with E-state index in [-0.39, 0.29) is 17.6 Å². The molecule has 0 aliphatic rings. The van der Waals surface area contributed by atoms with Crippen molar-refractivity contribution in [3.63, 3.8) is 0 Å². The standard InChI is InChI=1S/C18H20N2O4S/c1-12-4-6-13(7-5-12)24-11-17(21)20-18(25)19-15-10-14(22-2)8-9-16(15)23-3/h4-10H,11H2,1-3H3,(H2,19,20,21,25). The first-order chi connectivity index (χ1) is 12.0. The average Bonchev–Trinajstić information content (AvgIpc) is 2.61. The van der Waals surface area contributed by atoms with Gasteiger partial charge in [0.1, 0.15) is 17.2 Å². The zero-order valence-electron chi connectivity index (χ0n) is 14.3. The smallest absolute Gasteiger partial charge is 0.264 e. The first-order valence-electron chi connectivity index (χ1n) is 7.54. The van der Waals surface area contributed by atoms with Crippen molar-refractivity contribution >= 4 is 28.9 Å². The largest absolute Gasteiger partial charge is 0.497 e. The third-order valence-corrected chi connectivity index (χ3v) is 3.50. The Morgan fingerprint density at radius 2 is 1.72 bits per heavy atom. The van der Waals surface area contributed by atoms with E-state index < -0.39 is 0 Å². The lowest BCUT2D eigenvalue weighted by molar-refractivity contribution is -0.121. The predicted octanol–water partition coefficient (Wildman–Crippen LogP) is 2.90. The highest BCUT2D eigenvalue weighted by Gasteiger charge is 2.10. The van der Waals surface area contributed by atoms with E-state index in [9.17, 15) is 4.79 Å². The minimum absolute atomic E-state index is 0.139. The molecular weight excluding hydrogens is 340 g/mol. The summed E-state index contributed by atoms with van der Waals surface area (Å²) in [5, 5.41) is 5.61. The Labute approximate surface area is 152 Å². The van der Waals surface area contributed by atoms with Gasteiger partial charge in [0.25, 0.3) is 5.91 Å². The SMILES string of the molecule is COc1ccc(OC)c(NC(=S)NC(=O)COc2ccc(C)cc2)c1. The summed E-state index contributed by atoms with van der Waals surface area (Å²) in [6, 6.07) is 12.7. The van der Waals surface area contributed by atoms with Crippen LogP contribution >= 0.6 is 12.2 Å². The van der Waals surface area contributed by atoms with Crippen LogP contribution in [0.2, 0.25) is 0 Å². The second-order valence-electron chi connectivity index (χ2n) is 5.17. The second kappa shape index (κ2) is 8.89. The molecule has 25 heavy (non-hydrogen) atoms. The number of methoxy groups -OCH3 is 2. The molecule has 0 saturated heterocycles. The van der Waals surface area contributed by atoms with Crippen molar-refractivity contribution in [1.82, 2.24) is 5.32 Å². The van der Waals surface area contributed by atoms with Crippen LogP contribution in [0.4, 0.5) is 5.69 Å². The highest BCUT2D eigenvalue weighted by molar-refractivity contribution is 7.80. The lowest BCUT2D eigenvalue weighted by Crippen LogP contribution is -2.37. The number of aryl methyl sites for hydroxylation is 1. The lowest BCUT2D eigenvalue weighted by Gasteiger charge is -2.14. The molecule has 0 aliphatic heterocycles. The first kappa shape index (κ1) is 18.5. The lowest BCUT2D eigenvalue weighted by atomic mass is 10.2. The summed E-state index contributed by atoms with van der Waals surface area (Å²) in [7, 11) is 3.11. The van der Waals surface area contributed by atoms with Gasteiger partial charge in [-0.3, -0.25) is 10.1 Å². The van der Waals surface area contributed by atoms with Gasteiger partial charge < -0.3 is 19.5 Å². The summed E-state index contributed by atoms with van der Waals surface area (Å²) in [6.45, 7) is 1.84. The topological polar surface area (TPSA) is 68.8 Å². The van der Waals surface area contributed by atoms with Crippen LogP contribution in [0.5, 0.6) is 17.2 Å². The molecule has 2 rings (SSSR count). The maximum absolute atomic E-state index is 11.9. The number of hydrogen-bond acceptors (Lipinski definition) is 5. The van der Waals surface area contributed by atoms with Gasteiger partial charge in [-0.05, 0) is 43.4 Å². The zero-order chi connectivity index (χ0) is 18.2. The molecule has 6 nitrogen and oxygen atoms in total. The minimum atomic E-state index is -0.361. The molecule has 7 heteroatoms. The van der Waals surface area contributed by atoms with Gasteiger partial charge in [0, 0.05) is 6.07 Å². The van der Waals surface area contributed by atoms with Crippen molar-refractivity contribution in [2.75, 3.05) is 26.1 Å². The minimum Gasteiger partial charge on any atom is -0.497 e. The predicted molar refractivity (Wildman–Crippen MR) is 101 cm³/mol. The van der Waals surface area contributed by atoms with Gasteiger partial charge in [0.05, 0.1) is 19.9 Å². The van der Waals surface area contributed by atoms with Crippen molar-refractivity contribution in [3.8, 4) is 17.2 Å². The Bertz CT molecular complexity index is 747. The van der Waals surface area contributed by atoms with Gasteiger partial charge in [-0.15, -0.1) is 0 Å². The molecule has 0 unspecified atom stereocenters. The number of hydrogen-bond donors (Lipinski definition) is 2. The van der Waals surface area contributed by atoms with Gasteiger partial charge in [-0.25, -0.2) is 0 Å². The maximum atomic E-state index is 11.9. The van der Waals surface area contributed by atoms with E-state index in [1.807, 2.05) is 19.1 Å². The quantitative estimate of drug-likeness (QED) is 0.772. The number of rotatable bonds is 6. The van der Waals surface area contributed by atoms with E-state index in [0.29, 0.717) is 22.9 Å². The van der Waals surface area contributed by atoms with Crippen LogP contribution in [0.1, 0.15) is 5.56 Å². The Morgan fingerprint density at radius 1 is 1.04 bits per heavy atom. The Kier molecular flexibility index (Phi) is 6.59. The highest BCUT2D eigenvalue weighted by Crippen LogP contribution is 2.28. The second-order valence-corrected chi connectivity index (χ2v) is 5.58. The number of amides is 1. The number of benzene rings is 2. The molecule has 0 spiro atoms. The van der Waals surface area contributed by atoms with Gasteiger partial charge in [-0.2, -0.15) is 0 Å². The summed E-state index contributed by atoms with van der Waals surface area (Å²) in [4.78, 5) is 11.9. The summed E-state index contributed by atoms with van der Waals surface area (Å²) in [5.41, 5.74) is 1.71. The molecule has 1 amide bonds. The van der Waals surface area contributed by atoms with Gasteiger partial charge >= 0.3 is 0 Å². The zero-order valence-corrected chi connectivity index (χ0v) is 15.1. The van der Waals surface area contributed by atoms with Crippen molar-refractivity contribution in [1.29, 1.82) is 0 Å². The number of nitrogens with one attached hydrogen (secondary N) is 2. The summed E-state index contributed by atoms with van der Waals surface area (Å²) < 4.78 is 15.8. The molecule has 0 fully saturated rings. The van der Waals surface area contributed by atoms with E-state index in [0.717, 1.165) is 5.56 Å². The van der Waals surface area contributed by atoms with E-state index in [4.69, 9.17) is 26.4 Å². The van der Waals surface area contributed by atoms with Crippen molar-refractivity contribution < 1.29 is 19.0 Å². The maximum Gasteiger partial charge on any atom is 0.264 e. The number of anilines is 1. The van der Waals surface area contributed by atoms with Crippen LogP contribution < -0.4 is 24.8 Å². The molecule has 0 bridgehead atoms. The van der Waals surface area contributed by atoms with Gasteiger partial charge in [0.2, 0.25) is 0 Å². The van der Waals surface area contributed by atoms with E-state index >= 15 is 0 Å². The summed E-state index contributed by atoms with van der Waals surface area (Å²) in [6.07, 6.45) is 0. The number of ether oxygens (including phenoxy) is 3. The summed E-state index contributed by atoms with van der Waals surface area (Å²) >= 11 is 5.15. The van der Waals surface area contributed by atoms with Gasteiger partial charge in [-0.1, -0.05) is 17.7 Å². The molecule has 2 N–H and O–H groups in total. The fraction of sp³-hybridized carbons (Fsp3) is 0.222. The van der Waals surface area contributed by atoms with Crippen molar-refractivity contribution in [2.45, 2.75) is 6.92 Å². The number of carbonyl (C=O) groups excluding carboxylic acids is 1. The molecular formula is C18H20N2O4S. The Hall–Kier alpha value is -2.80. The Morgan fingerprint density at radius 3 is 2.36 bits per heavy atom. The van der Waals surface area contributed by atoms with Gasteiger partial charge in [0.15, 0.2) is 11.7 Å². The first-order valence-corrected chi connectivity index (χ1v) is 7.95. The molecule has 0 aromatic heterocycles. The average molecular weight is 360 g/mol. The van der Waals surface area contributed by atoms with Crippen molar-refractivity contribution in [2.24, 2.45) is 0 Å². The molecule has 0 atom stereocenters. The molecule has 2 aromatic carbocycles. The van der Waals surface area contributed by atoms with Crippen LogP contribution in [0, 0.1) is 6.92 Å². The van der Waals surface area contributed by atoms with Crippen LogP contribution in [0.3, 0.4) is 0 Å². The molecule has 0 radical (unpaired) electrons. The molecule has 132 valence electrons. The van der Waals surface area contributed by atoms with Crippen molar-refractivity contribution in [3.05, 3.63) is 48.0 Å². The highest BCUT2D eigenvalue weighted by atomic mass is 32.1. The summed E-state index contributed by atoms with van der Waals surface area (Å²) in [5.74, 6) is 1.47. The Balaban J connectivity index is 1.89. The molecule has 0 aliphatic carbocycles. The molecule has 2 aromatic rings. The normalized spacial score (nSPS) is 9.88. The van der Waals surface area contributed by atoms with E-state index in [1.165, 1.54) is 0 Å². The third-order valence-electron chi connectivity index (χ3n) is 3.30. The fourth-order valence-electron chi connectivity index (χ4n) is 2.01. The molecule has 0 saturated carbocycles. The van der Waals surface area contributed by atoms with E-state index in [1.54, 1.807) is 44.6 Å². The van der Waals surface area contributed by atoms with Crippen LogP contribution in [-0.2, 0) is 4.79 Å². The van der Waals surface area contributed by atoms with E-state index in [2.05, 4.69) is 10.6 Å². The fourth-order valence-corrected chi connectivity index (χ4v) is 2.24. The monoisotopic (exact) mass is 360 g/mol. The van der Waals surface area contributed by atoms with Crippen LogP contribution in [0.25, 0.3) is 0 Å². The number of carbonyl (C=O) groups is 1. The number of thiocarbonyl (C=S) groups is 1. The van der Waals surface area contributed by atoms with Crippen LogP contribution in [0.15, 0.2) is 42.5 Å². The third kappa shape index (κ3) is 5.65.